The lowest BCUT2D eigenvalue weighted by Gasteiger charge is -1.75. The highest BCUT2D eigenvalue weighted by molar-refractivity contribution is 5.16. The molecule has 0 radical (unpaired) electrons. The predicted octanol–water partition coefficient (Wildman–Crippen LogP) is 0.689. The number of aromatic hydroxyl groups is 1. The summed E-state index contributed by atoms with van der Waals surface area (Å²) in [7, 11) is 0. The van der Waals surface area contributed by atoms with Gasteiger partial charge in [-0.3, -0.25) is 0 Å². The molecule has 1 aromatic heterocycles. The van der Waals surface area contributed by atoms with Gasteiger partial charge in [0.05, 0.1) is 0 Å². The second-order valence-electron chi connectivity index (χ2n) is 1.27. The number of aromatic nitrogens is 1. The summed E-state index contributed by atoms with van der Waals surface area (Å²) in [5.74, 6) is 0.569. The minimum atomic E-state index is 0.111. The van der Waals surface area contributed by atoms with Gasteiger partial charge in [0.1, 0.15) is 6.20 Å². The first-order valence-electron chi connectivity index (χ1n) is 1.91. The maximum absolute atomic E-state index is 8.60. The maximum Gasteiger partial charge on any atom is 0.178 e. The van der Waals surface area contributed by atoms with Gasteiger partial charge in [0.2, 0.25) is 0 Å². The van der Waals surface area contributed by atoms with Crippen molar-refractivity contribution in [1.29, 1.82) is 0 Å². The first-order chi connectivity index (χ1) is 3.30. The zero-order valence-corrected chi connectivity index (χ0v) is 3.88. The summed E-state index contributed by atoms with van der Waals surface area (Å²) in [6, 6.07) is 0. The van der Waals surface area contributed by atoms with E-state index in [-0.39, 0.29) is 5.75 Å². The van der Waals surface area contributed by atoms with Crippen LogP contribution in [0.5, 0.6) is 5.75 Å². The molecule has 3 nitrogen and oxygen atoms in total. The Kier molecular flexibility index (Phi) is 0.749. The third kappa shape index (κ3) is 0.559. The number of aryl methyl sites for hydroxylation is 1. The zero-order valence-electron chi connectivity index (χ0n) is 3.88. The molecule has 0 aliphatic carbocycles. The minimum Gasteiger partial charge on any atom is -0.503 e. The van der Waals surface area contributed by atoms with E-state index in [0.29, 0.717) is 5.76 Å². The van der Waals surface area contributed by atoms with Gasteiger partial charge in [0.25, 0.3) is 0 Å². The molecule has 38 valence electrons. The number of nitrogens with zero attached hydrogens (tertiary/aromatic N) is 1. The molecule has 0 aromatic carbocycles. The lowest BCUT2D eigenvalue weighted by molar-refractivity contribution is 0.383. The Morgan fingerprint density at radius 1 is 1.86 bits per heavy atom. The first kappa shape index (κ1) is 4.18. The van der Waals surface area contributed by atoms with Gasteiger partial charge in [-0.2, -0.15) is 0 Å². The molecule has 0 aliphatic rings. The van der Waals surface area contributed by atoms with Gasteiger partial charge in [-0.15, -0.1) is 0 Å². The smallest absolute Gasteiger partial charge is 0.178 e. The first-order valence-corrected chi connectivity index (χ1v) is 1.91. The molecule has 1 heterocycles. The normalized spacial score (nSPS) is 9.29. The van der Waals surface area contributed by atoms with Gasteiger partial charge in [-0.05, 0) is 0 Å². The summed E-state index contributed by atoms with van der Waals surface area (Å²) in [6.07, 6.45) is 1.26. The number of hydrogen-bond donors (Lipinski definition) is 1. The molecule has 0 amide bonds. The fourth-order valence-corrected chi connectivity index (χ4v) is 0.293. The Morgan fingerprint density at radius 3 is 2.71 bits per heavy atom. The Hall–Kier alpha value is -0.990. The van der Waals surface area contributed by atoms with Gasteiger partial charge in [0, 0.05) is 6.92 Å². The van der Waals surface area contributed by atoms with Gasteiger partial charge in [-0.25, -0.2) is 0 Å². The summed E-state index contributed by atoms with van der Waals surface area (Å²) in [5.41, 5.74) is 0. The van der Waals surface area contributed by atoms with E-state index in [4.69, 9.17) is 5.11 Å². The molecule has 0 aliphatic heterocycles. The van der Waals surface area contributed by atoms with Crippen LogP contribution in [0.3, 0.4) is 0 Å². The molecule has 7 heavy (non-hydrogen) atoms. The molecule has 0 bridgehead atoms. The summed E-state index contributed by atoms with van der Waals surface area (Å²) >= 11 is 0. The van der Waals surface area contributed by atoms with Gasteiger partial charge in [-0.1, -0.05) is 5.16 Å². The van der Waals surface area contributed by atoms with E-state index in [1.54, 1.807) is 6.92 Å². The second-order valence-corrected chi connectivity index (χ2v) is 1.27. The summed E-state index contributed by atoms with van der Waals surface area (Å²) in [5, 5.41) is 11.9. The maximum atomic E-state index is 8.60. The van der Waals surface area contributed by atoms with Crippen LogP contribution in [0.15, 0.2) is 10.7 Å². The Bertz CT molecular complexity index is 142. The van der Waals surface area contributed by atoms with E-state index in [9.17, 15) is 0 Å². The van der Waals surface area contributed by atoms with E-state index in [2.05, 4.69) is 9.68 Å². The quantitative estimate of drug-likeness (QED) is 0.520. The highest BCUT2D eigenvalue weighted by atomic mass is 16.5. The number of rotatable bonds is 0. The second kappa shape index (κ2) is 1.26. The minimum absolute atomic E-state index is 0.111. The fourth-order valence-electron chi connectivity index (χ4n) is 0.293. The van der Waals surface area contributed by atoms with E-state index < -0.39 is 0 Å². The van der Waals surface area contributed by atoms with Crippen LogP contribution in [-0.2, 0) is 0 Å². The van der Waals surface area contributed by atoms with Crippen LogP contribution in [0.1, 0.15) is 5.76 Å². The van der Waals surface area contributed by atoms with Crippen molar-refractivity contribution in [2.75, 3.05) is 0 Å². The van der Waals surface area contributed by atoms with Crippen molar-refractivity contribution in [3.63, 3.8) is 0 Å². The third-order valence-corrected chi connectivity index (χ3v) is 0.725. The molecular weight excluding hydrogens is 94.0 g/mol. The van der Waals surface area contributed by atoms with Crippen molar-refractivity contribution in [3.8, 4) is 5.75 Å². The van der Waals surface area contributed by atoms with E-state index in [0.717, 1.165) is 0 Å². The summed E-state index contributed by atoms with van der Waals surface area (Å²) in [6.45, 7) is 1.64. The lowest BCUT2D eigenvalue weighted by Crippen LogP contribution is -1.57. The average Bonchev–Trinajstić information content (AvgIpc) is 1.91. The molecular formula is C4H5NO2. The summed E-state index contributed by atoms with van der Waals surface area (Å²) < 4.78 is 4.46. The monoisotopic (exact) mass is 99.0 g/mol. The standard InChI is InChI=1S/C4H5NO2/c1-3-4(6)2-5-7-3/h2,6H,1H3. The van der Waals surface area contributed by atoms with E-state index >= 15 is 0 Å². The van der Waals surface area contributed by atoms with Crippen LogP contribution in [-0.4, -0.2) is 10.3 Å². The lowest BCUT2D eigenvalue weighted by atomic mass is 10.5. The van der Waals surface area contributed by atoms with Crippen molar-refractivity contribution in [2.24, 2.45) is 0 Å². The summed E-state index contributed by atoms with van der Waals surface area (Å²) in [4.78, 5) is 0. The Morgan fingerprint density at radius 2 is 2.57 bits per heavy atom. The van der Waals surface area contributed by atoms with Gasteiger partial charge in [0.15, 0.2) is 11.5 Å². The van der Waals surface area contributed by atoms with Crippen molar-refractivity contribution >= 4 is 0 Å². The predicted molar refractivity (Wildman–Crippen MR) is 22.9 cm³/mol. The molecule has 1 N–H and O–H groups in total. The topological polar surface area (TPSA) is 46.3 Å². The van der Waals surface area contributed by atoms with Crippen molar-refractivity contribution in [1.82, 2.24) is 5.16 Å². The van der Waals surface area contributed by atoms with Crippen molar-refractivity contribution in [2.45, 2.75) is 6.92 Å². The molecule has 0 unspecified atom stereocenters. The van der Waals surface area contributed by atoms with Crippen molar-refractivity contribution in [3.05, 3.63) is 12.0 Å². The largest absolute Gasteiger partial charge is 0.503 e. The van der Waals surface area contributed by atoms with Crippen LogP contribution in [0, 0.1) is 6.92 Å². The molecule has 3 heteroatoms. The van der Waals surface area contributed by atoms with Crippen LogP contribution in [0.4, 0.5) is 0 Å². The zero-order chi connectivity index (χ0) is 5.28. The highest BCUT2D eigenvalue weighted by Crippen LogP contribution is 2.11. The SMILES string of the molecule is Cc1oncc1O. The average molecular weight is 99.1 g/mol. The molecule has 0 fully saturated rings. The highest BCUT2D eigenvalue weighted by Gasteiger charge is 1.94. The van der Waals surface area contributed by atoms with E-state index in [1.807, 2.05) is 0 Å². The van der Waals surface area contributed by atoms with Crippen molar-refractivity contribution < 1.29 is 9.63 Å². The van der Waals surface area contributed by atoms with Crippen LogP contribution < -0.4 is 0 Å². The van der Waals surface area contributed by atoms with Crippen LogP contribution in [0.2, 0.25) is 0 Å². The van der Waals surface area contributed by atoms with Crippen LogP contribution in [0.25, 0.3) is 0 Å². The van der Waals surface area contributed by atoms with Gasteiger partial charge >= 0.3 is 0 Å². The van der Waals surface area contributed by atoms with Gasteiger partial charge < -0.3 is 9.63 Å². The van der Waals surface area contributed by atoms with Crippen LogP contribution >= 0.6 is 0 Å². The molecule has 0 atom stereocenters. The molecule has 0 spiro atoms. The Balaban J connectivity index is 3.12. The fraction of sp³-hybridized carbons (Fsp3) is 0.250. The molecule has 1 rings (SSSR count). The molecule has 1 aromatic rings. The van der Waals surface area contributed by atoms with E-state index in [1.165, 1.54) is 6.20 Å². The molecule has 0 saturated carbocycles. The Labute approximate surface area is 40.6 Å². The third-order valence-electron chi connectivity index (χ3n) is 0.725. The molecule has 0 saturated heterocycles. The number of hydrogen-bond acceptors (Lipinski definition) is 3.